The van der Waals surface area contributed by atoms with Gasteiger partial charge in [-0.25, -0.2) is 8.42 Å². The SMILES string of the molecule is CCS(=O)(=O)c1ccc(CNC(=O)c2cc3c(s2)C(C(C)C)N(C[C@H]2CC[C@@H](C(F)(F)F)CC2)C3=O)nc1. The predicted molar refractivity (Wildman–Crippen MR) is 138 cm³/mol. The van der Waals surface area contributed by atoms with E-state index < -0.39 is 21.9 Å². The number of sulfone groups is 1. The first kappa shape index (κ1) is 28.5. The van der Waals surface area contributed by atoms with Gasteiger partial charge in [-0.3, -0.25) is 14.6 Å². The van der Waals surface area contributed by atoms with Gasteiger partial charge in [0.05, 0.1) is 45.3 Å². The summed E-state index contributed by atoms with van der Waals surface area (Å²) in [7, 11) is -3.36. The lowest BCUT2D eigenvalue weighted by atomic mass is 9.81. The number of pyridine rings is 1. The van der Waals surface area contributed by atoms with Crippen molar-refractivity contribution in [1.29, 1.82) is 0 Å². The first-order valence-electron chi connectivity index (χ1n) is 12.8. The lowest BCUT2D eigenvalue weighted by molar-refractivity contribution is -0.184. The second-order valence-corrected chi connectivity index (χ2v) is 13.7. The molecule has 1 unspecified atom stereocenters. The maximum Gasteiger partial charge on any atom is 0.391 e. The molecule has 0 bridgehead atoms. The number of hydrogen-bond acceptors (Lipinski definition) is 6. The Bertz CT molecular complexity index is 1280. The highest BCUT2D eigenvalue weighted by Crippen LogP contribution is 2.46. The minimum Gasteiger partial charge on any atom is -0.346 e. The van der Waals surface area contributed by atoms with E-state index in [0.717, 1.165) is 4.88 Å². The van der Waals surface area contributed by atoms with Crippen LogP contribution in [0.1, 0.15) is 83.1 Å². The molecule has 2 aliphatic rings. The summed E-state index contributed by atoms with van der Waals surface area (Å²) in [6, 6.07) is 4.38. The number of thiophene rings is 1. The standard InChI is InChI=1S/C26H32F3N3O4S2/c1-4-38(35,36)19-10-9-18(30-13-19)12-31-24(33)21-11-20-23(37-21)22(15(2)3)32(25(20)34)14-16-5-7-17(8-6-16)26(27,28)29/h9-11,13,15-17,22H,4-8,12,14H2,1-3H3,(H,31,33)/t16-,17+,22?. The first-order chi connectivity index (χ1) is 17.8. The third-order valence-electron chi connectivity index (χ3n) is 7.44. The third-order valence-corrected chi connectivity index (χ3v) is 10.4. The van der Waals surface area contributed by atoms with E-state index in [1.54, 1.807) is 24.0 Å². The van der Waals surface area contributed by atoms with Crippen LogP contribution in [-0.2, 0) is 16.4 Å². The van der Waals surface area contributed by atoms with Crippen LogP contribution in [0.15, 0.2) is 29.3 Å². The largest absolute Gasteiger partial charge is 0.391 e. The molecule has 1 fully saturated rings. The van der Waals surface area contributed by atoms with Crippen LogP contribution in [0.4, 0.5) is 13.2 Å². The quantitative estimate of drug-likeness (QED) is 0.459. The van der Waals surface area contributed by atoms with Gasteiger partial charge < -0.3 is 10.2 Å². The van der Waals surface area contributed by atoms with E-state index in [1.165, 1.54) is 23.6 Å². The van der Waals surface area contributed by atoms with Gasteiger partial charge in [-0.1, -0.05) is 20.8 Å². The lowest BCUT2D eigenvalue weighted by Gasteiger charge is -2.35. The van der Waals surface area contributed by atoms with Crippen molar-refractivity contribution in [2.75, 3.05) is 12.3 Å². The molecule has 4 rings (SSSR count). The highest BCUT2D eigenvalue weighted by atomic mass is 32.2. The summed E-state index contributed by atoms with van der Waals surface area (Å²) in [6.07, 6.45) is -1.80. The van der Waals surface area contributed by atoms with Crippen LogP contribution < -0.4 is 5.32 Å². The number of carbonyl (C=O) groups is 2. The molecule has 1 saturated carbocycles. The number of nitrogens with one attached hydrogen (secondary N) is 1. The Morgan fingerprint density at radius 3 is 2.45 bits per heavy atom. The van der Waals surface area contributed by atoms with Crippen molar-refractivity contribution in [2.24, 2.45) is 17.8 Å². The molecule has 3 heterocycles. The average molecular weight is 572 g/mol. The van der Waals surface area contributed by atoms with Gasteiger partial charge in [-0.05, 0) is 55.7 Å². The number of halogens is 3. The zero-order valence-electron chi connectivity index (χ0n) is 21.5. The van der Waals surface area contributed by atoms with E-state index in [-0.39, 0.29) is 59.7 Å². The Balaban J connectivity index is 1.40. The number of carbonyl (C=O) groups excluding carboxylic acids is 2. The average Bonchev–Trinajstić information content (AvgIpc) is 3.41. The summed E-state index contributed by atoms with van der Waals surface area (Å²) < 4.78 is 63.0. The van der Waals surface area contributed by atoms with Crippen LogP contribution in [0.25, 0.3) is 0 Å². The molecule has 0 aromatic carbocycles. The monoisotopic (exact) mass is 571 g/mol. The fourth-order valence-corrected chi connectivity index (χ4v) is 7.44. The fourth-order valence-electron chi connectivity index (χ4n) is 5.26. The molecule has 1 aliphatic carbocycles. The van der Waals surface area contributed by atoms with Crippen LogP contribution in [-0.4, -0.2) is 48.6 Å². The molecule has 1 atom stereocenters. The Labute approximate surface area is 224 Å². The molecule has 12 heteroatoms. The summed E-state index contributed by atoms with van der Waals surface area (Å²) in [5.41, 5.74) is 0.982. The number of hydrogen-bond donors (Lipinski definition) is 1. The van der Waals surface area contributed by atoms with E-state index >= 15 is 0 Å². The summed E-state index contributed by atoms with van der Waals surface area (Å²) in [6.45, 7) is 6.06. The molecule has 0 spiro atoms. The summed E-state index contributed by atoms with van der Waals surface area (Å²) >= 11 is 1.26. The van der Waals surface area contributed by atoms with Gasteiger partial charge in [-0.15, -0.1) is 11.3 Å². The number of aromatic nitrogens is 1. The van der Waals surface area contributed by atoms with Crippen molar-refractivity contribution >= 4 is 33.0 Å². The Kier molecular flexibility index (Phi) is 8.23. The number of amides is 2. The van der Waals surface area contributed by atoms with Crippen molar-refractivity contribution in [3.8, 4) is 0 Å². The molecule has 2 amide bonds. The molecule has 2 aromatic rings. The Morgan fingerprint density at radius 2 is 1.89 bits per heavy atom. The topological polar surface area (TPSA) is 96.4 Å². The fraction of sp³-hybridized carbons (Fsp3) is 0.577. The molecule has 0 radical (unpaired) electrons. The zero-order valence-corrected chi connectivity index (χ0v) is 23.2. The molecule has 0 saturated heterocycles. The Morgan fingerprint density at radius 1 is 1.21 bits per heavy atom. The summed E-state index contributed by atoms with van der Waals surface area (Å²) in [4.78, 5) is 33.4. The van der Waals surface area contributed by atoms with Gasteiger partial charge in [0.2, 0.25) is 0 Å². The van der Waals surface area contributed by atoms with Crippen LogP contribution in [0, 0.1) is 17.8 Å². The highest BCUT2D eigenvalue weighted by Gasteiger charge is 2.44. The van der Waals surface area contributed by atoms with E-state index in [2.05, 4.69) is 10.3 Å². The summed E-state index contributed by atoms with van der Waals surface area (Å²) in [5.74, 6) is -1.72. The van der Waals surface area contributed by atoms with Gasteiger partial charge in [0, 0.05) is 17.6 Å². The highest BCUT2D eigenvalue weighted by molar-refractivity contribution is 7.91. The van der Waals surface area contributed by atoms with Crippen molar-refractivity contribution in [2.45, 2.75) is 70.1 Å². The molecule has 2 aromatic heterocycles. The van der Waals surface area contributed by atoms with Crippen molar-refractivity contribution in [3.63, 3.8) is 0 Å². The molecule has 38 heavy (non-hydrogen) atoms. The summed E-state index contributed by atoms with van der Waals surface area (Å²) in [5, 5.41) is 2.77. The number of rotatable bonds is 8. The van der Waals surface area contributed by atoms with Gasteiger partial charge in [0.25, 0.3) is 11.8 Å². The van der Waals surface area contributed by atoms with Crippen molar-refractivity contribution in [1.82, 2.24) is 15.2 Å². The molecular weight excluding hydrogens is 539 g/mol. The number of alkyl halides is 3. The van der Waals surface area contributed by atoms with Gasteiger partial charge in [0.15, 0.2) is 9.84 Å². The maximum atomic E-state index is 13.3. The van der Waals surface area contributed by atoms with E-state index in [4.69, 9.17) is 0 Å². The maximum absolute atomic E-state index is 13.3. The zero-order chi connectivity index (χ0) is 27.8. The van der Waals surface area contributed by atoms with E-state index in [1.807, 2.05) is 13.8 Å². The van der Waals surface area contributed by atoms with E-state index in [0.29, 0.717) is 35.5 Å². The van der Waals surface area contributed by atoms with Crippen LogP contribution in [0.5, 0.6) is 0 Å². The van der Waals surface area contributed by atoms with Crippen molar-refractivity contribution in [3.05, 3.63) is 45.4 Å². The molecule has 1 aliphatic heterocycles. The van der Waals surface area contributed by atoms with Crippen LogP contribution in [0.2, 0.25) is 0 Å². The first-order valence-corrected chi connectivity index (χ1v) is 15.3. The minimum atomic E-state index is -4.16. The minimum absolute atomic E-state index is 0.0273. The molecular formula is C26H32F3N3O4S2. The second kappa shape index (κ2) is 11.0. The van der Waals surface area contributed by atoms with Crippen LogP contribution >= 0.6 is 11.3 Å². The second-order valence-electron chi connectivity index (χ2n) is 10.4. The molecule has 7 nitrogen and oxygen atoms in total. The lowest BCUT2D eigenvalue weighted by Crippen LogP contribution is -2.37. The van der Waals surface area contributed by atoms with Gasteiger partial charge in [-0.2, -0.15) is 13.2 Å². The third kappa shape index (κ3) is 5.90. The molecule has 208 valence electrons. The normalized spacial score (nSPS) is 22.1. The van der Waals surface area contributed by atoms with Crippen molar-refractivity contribution < 1.29 is 31.2 Å². The molecule has 1 N–H and O–H groups in total. The van der Waals surface area contributed by atoms with Crippen LogP contribution in [0.3, 0.4) is 0 Å². The van der Waals surface area contributed by atoms with E-state index in [9.17, 15) is 31.2 Å². The van der Waals surface area contributed by atoms with Gasteiger partial charge >= 0.3 is 6.18 Å². The Hall–Kier alpha value is -2.47. The number of nitrogens with zero attached hydrogens (tertiary/aromatic N) is 2. The smallest absolute Gasteiger partial charge is 0.346 e. The van der Waals surface area contributed by atoms with Gasteiger partial charge in [0.1, 0.15) is 0 Å². The number of fused-ring (bicyclic) bond motifs is 1. The predicted octanol–water partition coefficient (Wildman–Crippen LogP) is 5.39.